The Morgan fingerprint density at radius 2 is 1.72 bits per heavy atom. The molecular formula is C21H22N2O5S. The summed E-state index contributed by atoms with van der Waals surface area (Å²) in [6, 6.07) is 15.6. The maximum atomic E-state index is 13.4. The van der Waals surface area contributed by atoms with Crippen LogP contribution in [0.4, 0.5) is 5.88 Å². The Labute approximate surface area is 169 Å². The number of hydrogen-bond donors (Lipinski definition) is 0. The zero-order valence-electron chi connectivity index (χ0n) is 16.1. The van der Waals surface area contributed by atoms with Crippen LogP contribution in [0.15, 0.2) is 68.9 Å². The van der Waals surface area contributed by atoms with Crippen LogP contribution in [0.5, 0.6) is 5.75 Å². The minimum atomic E-state index is -3.88. The van der Waals surface area contributed by atoms with E-state index in [-0.39, 0.29) is 21.7 Å². The monoisotopic (exact) mass is 414 g/mol. The van der Waals surface area contributed by atoms with E-state index in [0.29, 0.717) is 38.7 Å². The summed E-state index contributed by atoms with van der Waals surface area (Å²) in [4.78, 5) is 6.40. The minimum Gasteiger partial charge on any atom is -0.494 e. The van der Waals surface area contributed by atoms with E-state index in [0.717, 1.165) is 5.56 Å². The second-order valence-electron chi connectivity index (χ2n) is 6.50. The summed E-state index contributed by atoms with van der Waals surface area (Å²) in [5.41, 5.74) is 0.718. The average molecular weight is 414 g/mol. The summed E-state index contributed by atoms with van der Waals surface area (Å²) in [6.45, 7) is 4.47. The number of aromatic nitrogens is 1. The van der Waals surface area contributed by atoms with Gasteiger partial charge in [0.1, 0.15) is 5.75 Å². The summed E-state index contributed by atoms with van der Waals surface area (Å²) in [6.07, 6.45) is 0. The van der Waals surface area contributed by atoms with Crippen LogP contribution >= 0.6 is 0 Å². The van der Waals surface area contributed by atoms with Crippen molar-refractivity contribution in [3.05, 3.63) is 54.6 Å². The first-order valence-corrected chi connectivity index (χ1v) is 10.9. The number of morpholine rings is 1. The van der Waals surface area contributed by atoms with Gasteiger partial charge in [0.25, 0.3) is 0 Å². The molecule has 1 aromatic heterocycles. The molecule has 7 nitrogen and oxygen atoms in total. The predicted molar refractivity (Wildman–Crippen MR) is 108 cm³/mol. The molecule has 0 atom stereocenters. The molecule has 0 N–H and O–H groups in total. The molecule has 0 amide bonds. The van der Waals surface area contributed by atoms with E-state index in [1.165, 1.54) is 12.1 Å². The van der Waals surface area contributed by atoms with Gasteiger partial charge >= 0.3 is 0 Å². The van der Waals surface area contributed by atoms with Crippen molar-refractivity contribution in [2.24, 2.45) is 0 Å². The highest BCUT2D eigenvalue weighted by atomic mass is 32.2. The van der Waals surface area contributed by atoms with Gasteiger partial charge in [-0.1, -0.05) is 18.2 Å². The van der Waals surface area contributed by atoms with Crippen molar-refractivity contribution in [1.29, 1.82) is 0 Å². The lowest BCUT2D eigenvalue weighted by molar-refractivity contribution is 0.120. The summed E-state index contributed by atoms with van der Waals surface area (Å²) in [7, 11) is -3.88. The van der Waals surface area contributed by atoms with Crippen LogP contribution in [0.1, 0.15) is 6.92 Å². The van der Waals surface area contributed by atoms with Crippen LogP contribution in [0.3, 0.4) is 0 Å². The van der Waals surface area contributed by atoms with Crippen molar-refractivity contribution < 1.29 is 22.3 Å². The van der Waals surface area contributed by atoms with Gasteiger partial charge < -0.3 is 18.8 Å². The fraction of sp³-hybridized carbons (Fsp3) is 0.286. The normalized spacial score (nSPS) is 14.7. The molecule has 0 radical (unpaired) electrons. The third-order valence-electron chi connectivity index (χ3n) is 4.60. The quantitative estimate of drug-likeness (QED) is 0.611. The minimum absolute atomic E-state index is 0.0811. The highest BCUT2D eigenvalue weighted by Crippen LogP contribution is 2.35. The Bertz CT molecular complexity index is 1060. The first kappa shape index (κ1) is 19.5. The molecule has 3 aromatic rings. The molecule has 1 aliphatic heterocycles. The summed E-state index contributed by atoms with van der Waals surface area (Å²) >= 11 is 0. The number of nitrogens with zero attached hydrogens (tertiary/aromatic N) is 2. The molecule has 152 valence electrons. The van der Waals surface area contributed by atoms with E-state index in [1.807, 2.05) is 42.2 Å². The number of anilines is 1. The van der Waals surface area contributed by atoms with Crippen LogP contribution in [-0.4, -0.2) is 46.3 Å². The highest BCUT2D eigenvalue weighted by Gasteiger charge is 2.32. The van der Waals surface area contributed by atoms with Crippen molar-refractivity contribution in [2.75, 3.05) is 37.8 Å². The van der Waals surface area contributed by atoms with Gasteiger partial charge in [-0.15, -0.1) is 0 Å². The Morgan fingerprint density at radius 1 is 1.03 bits per heavy atom. The molecule has 0 spiro atoms. The summed E-state index contributed by atoms with van der Waals surface area (Å²) < 4.78 is 43.5. The topological polar surface area (TPSA) is 81.9 Å². The number of benzene rings is 2. The van der Waals surface area contributed by atoms with E-state index in [2.05, 4.69) is 4.98 Å². The van der Waals surface area contributed by atoms with Gasteiger partial charge in [0.05, 0.1) is 24.7 Å². The Hall–Kier alpha value is -2.84. The maximum Gasteiger partial charge on any atom is 0.236 e. The van der Waals surface area contributed by atoms with Gasteiger partial charge in [0.15, 0.2) is 0 Å². The molecular weight excluding hydrogens is 392 g/mol. The van der Waals surface area contributed by atoms with Gasteiger partial charge in [0, 0.05) is 18.7 Å². The number of oxazole rings is 1. The zero-order chi connectivity index (χ0) is 20.3. The molecule has 2 aromatic carbocycles. The molecule has 2 heterocycles. The molecule has 0 saturated carbocycles. The summed E-state index contributed by atoms with van der Waals surface area (Å²) in [5, 5.41) is -0.0811. The number of ether oxygens (including phenoxy) is 2. The Kier molecular flexibility index (Phi) is 5.55. The second-order valence-corrected chi connectivity index (χ2v) is 8.37. The van der Waals surface area contributed by atoms with Crippen molar-refractivity contribution in [1.82, 2.24) is 4.98 Å². The molecule has 8 heteroatoms. The fourth-order valence-electron chi connectivity index (χ4n) is 3.14. The third kappa shape index (κ3) is 3.99. The van der Waals surface area contributed by atoms with Gasteiger partial charge in [-0.3, -0.25) is 0 Å². The Morgan fingerprint density at radius 3 is 2.38 bits per heavy atom. The first-order chi connectivity index (χ1) is 14.1. The molecule has 0 aliphatic carbocycles. The SMILES string of the molecule is CCOc1ccc(S(=O)(=O)c2nc(-c3ccccc3)oc2N2CCOCC2)cc1. The first-order valence-electron chi connectivity index (χ1n) is 9.46. The summed E-state index contributed by atoms with van der Waals surface area (Å²) in [5.74, 6) is 1.14. The largest absolute Gasteiger partial charge is 0.494 e. The number of hydrogen-bond acceptors (Lipinski definition) is 7. The van der Waals surface area contributed by atoms with Crippen LogP contribution in [0.2, 0.25) is 0 Å². The lowest BCUT2D eigenvalue weighted by atomic mass is 10.2. The van der Waals surface area contributed by atoms with Gasteiger partial charge in [-0.2, -0.15) is 4.98 Å². The fourth-order valence-corrected chi connectivity index (χ4v) is 4.46. The smallest absolute Gasteiger partial charge is 0.236 e. The van der Waals surface area contributed by atoms with Gasteiger partial charge in [-0.05, 0) is 43.3 Å². The van der Waals surface area contributed by atoms with Crippen molar-refractivity contribution in [3.63, 3.8) is 0 Å². The van der Waals surface area contributed by atoms with E-state index in [1.54, 1.807) is 12.1 Å². The van der Waals surface area contributed by atoms with Crippen molar-refractivity contribution in [2.45, 2.75) is 16.8 Å². The predicted octanol–water partition coefficient (Wildman–Crippen LogP) is 3.41. The third-order valence-corrected chi connectivity index (χ3v) is 6.27. The maximum absolute atomic E-state index is 13.4. The van der Waals surface area contributed by atoms with Gasteiger partial charge in [0.2, 0.25) is 26.6 Å². The number of rotatable bonds is 6. The lowest BCUT2D eigenvalue weighted by Gasteiger charge is -2.26. The molecule has 1 saturated heterocycles. The van der Waals surface area contributed by atoms with Crippen molar-refractivity contribution >= 4 is 15.7 Å². The second kappa shape index (κ2) is 8.26. The van der Waals surface area contributed by atoms with E-state index >= 15 is 0 Å². The van der Waals surface area contributed by atoms with Crippen LogP contribution < -0.4 is 9.64 Å². The van der Waals surface area contributed by atoms with Crippen LogP contribution in [0.25, 0.3) is 11.5 Å². The highest BCUT2D eigenvalue weighted by molar-refractivity contribution is 7.91. The molecule has 0 unspecified atom stereocenters. The van der Waals surface area contributed by atoms with E-state index in [4.69, 9.17) is 13.9 Å². The molecule has 0 bridgehead atoms. The average Bonchev–Trinajstić information content (AvgIpc) is 3.22. The molecule has 4 rings (SSSR count). The lowest BCUT2D eigenvalue weighted by Crippen LogP contribution is -2.36. The molecule has 1 fully saturated rings. The van der Waals surface area contributed by atoms with Gasteiger partial charge in [-0.25, -0.2) is 8.42 Å². The zero-order valence-corrected chi connectivity index (χ0v) is 16.9. The van der Waals surface area contributed by atoms with Crippen LogP contribution in [-0.2, 0) is 14.6 Å². The van der Waals surface area contributed by atoms with E-state index < -0.39 is 9.84 Å². The van der Waals surface area contributed by atoms with Crippen LogP contribution in [0, 0.1) is 0 Å². The Balaban J connectivity index is 1.78. The van der Waals surface area contributed by atoms with Crippen molar-refractivity contribution in [3.8, 4) is 17.2 Å². The van der Waals surface area contributed by atoms with E-state index in [9.17, 15) is 8.42 Å². The molecule has 1 aliphatic rings. The standard InChI is InChI=1S/C21H22N2O5S/c1-2-27-17-8-10-18(11-9-17)29(24,25)20-21(23-12-14-26-15-13-23)28-19(22-20)16-6-4-3-5-7-16/h3-11H,2,12-15H2,1H3. The molecule has 29 heavy (non-hydrogen) atoms. The number of sulfone groups is 1.